The van der Waals surface area contributed by atoms with Gasteiger partial charge in [-0.3, -0.25) is 4.79 Å². The summed E-state index contributed by atoms with van der Waals surface area (Å²) in [6, 6.07) is 5.15. The van der Waals surface area contributed by atoms with Gasteiger partial charge in [0.2, 0.25) is 0 Å². The first-order valence-corrected chi connectivity index (χ1v) is 5.91. The van der Waals surface area contributed by atoms with Crippen LogP contribution in [0.4, 0.5) is 0 Å². The molecule has 0 bridgehead atoms. The van der Waals surface area contributed by atoms with Gasteiger partial charge in [0.05, 0.1) is 23.3 Å². The molecule has 0 spiro atoms. The molecule has 0 N–H and O–H groups in total. The summed E-state index contributed by atoms with van der Waals surface area (Å²) in [4.78, 5) is 11.5. The van der Waals surface area contributed by atoms with Crippen molar-refractivity contribution in [2.45, 2.75) is 6.42 Å². The van der Waals surface area contributed by atoms with E-state index in [0.717, 1.165) is 5.56 Å². The highest BCUT2D eigenvalue weighted by molar-refractivity contribution is 6.42. The van der Waals surface area contributed by atoms with Gasteiger partial charge < -0.3 is 9.47 Å². The molecule has 0 aromatic heterocycles. The number of carbonyl (C=O) groups is 1. The van der Waals surface area contributed by atoms with E-state index >= 15 is 0 Å². The first kappa shape index (κ1) is 14.5. The van der Waals surface area contributed by atoms with Gasteiger partial charge in [-0.15, -0.1) is 0 Å². The summed E-state index contributed by atoms with van der Waals surface area (Å²) < 4.78 is 9.93. The minimum atomic E-state index is -0.000470. The zero-order chi connectivity index (χ0) is 12.7. The van der Waals surface area contributed by atoms with Gasteiger partial charge in [0.25, 0.3) is 0 Å². The maximum absolute atomic E-state index is 11.5. The lowest BCUT2D eigenvalue weighted by Crippen LogP contribution is -2.13. The summed E-state index contributed by atoms with van der Waals surface area (Å²) in [5, 5.41) is 0.941. The molecule has 17 heavy (non-hydrogen) atoms. The fourth-order valence-corrected chi connectivity index (χ4v) is 1.58. The molecule has 94 valence electrons. The van der Waals surface area contributed by atoms with Crippen LogP contribution >= 0.6 is 23.2 Å². The SMILES string of the molecule is COCCOCC(=O)Cc1ccc(Cl)c(Cl)c1. The second-order valence-electron chi connectivity index (χ2n) is 3.51. The second kappa shape index (κ2) is 7.67. The monoisotopic (exact) mass is 276 g/mol. The Kier molecular flexibility index (Phi) is 6.52. The van der Waals surface area contributed by atoms with Crippen LogP contribution in [0.5, 0.6) is 0 Å². The van der Waals surface area contributed by atoms with Crippen molar-refractivity contribution in [3.8, 4) is 0 Å². The van der Waals surface area contributed by atoms with E-state index in [1.165, 1.54) is 0 Å². The van der Waals surface area contributed by atoms with Gasteiger partial charge in [-0.05, 0) is 17.7 Å². The molecule has 1 rings (SSSR count). The number of ketones is 1. The summed E-state index contributed by atoms with van der Waals surface area (Å²) in [6.07, 6.45) is 0.296. The molecule has 0 saturated heterocycles. The zero-order valence-corrected chi connectivity index (χ0v) is 11.1. The Bertz CT molecular complexity index is 380. The molecule has 5 heteroatoms. The summed E-state index contributed by atoms with van der Waals surface area (Å²) in [5.74, 6) is -0.000470. The van der Waals surface area contributed by atoms with Gasteiger partial charge in [-0.1, -0.05) is 29.3 Å². The summed E-state index contributed by atoms with van der Waals surface area (Å²) in [5.41, 5.74) is 0.833. The van der Waals surface area contributed by atoms with E-state index in [4.69, 9.17) is 32.7 Å². The van der Waals surface area contributed by atoms with Crippen molar-refractivity contribution in [2.24, 2.45) is 0 Å². The van der Waals surface area contributed by atoms with E-state index in [1.54, 1.807) is 25.3 Å². The van der Waals surface area contributed by atoms with Crippen molar-refractivity contribution in [1.82, 2.24) is 0 Å². The highest BCUT2D eigenvalue weighted by Crippen LogP contribution is 2.22. The van der Waals surface area contributed by atoms with Crippen molar-refractivity contribution in [3.05, 3.63) is 33.8 Å². The molecule has 0 heterocycles. The Morgan fingerprint density at radius 3 is 2.65 bits per heavy atom. The molecule has 0 radical (unpaired) electrons. The number of hydrogen-bond donors (Lipinski definition) is 0. The molecule has 1 aromatic rings. The molecule has 0 unspecified atom stereocenters. The van der Waals surface area contributed by atoms with E-state index in [-0.39, 0.29) is 12.4 Å². The molecule has 3 nitrogen and oxygen atoms in total. The fraction of sp³-hybridized carbons (Fsp3) is 0.417. The first-order valence-electron chi connectivity index (χ1n) is 5.16. The van der Waals surface area contributed by atoms with Crippen molar-refractivity contribution in [1.29, 1.82) is 0 Å². The number of benzene rings is 1. The van der Waals surface area contributed by atoms with Crippen LogP contribution in [0.2, 0.25) is 10.0 Å². The highest BCUT2D eigenvalue weighted by atomic mass is 35.5. The molecular weight excluding hydrogens is 263 g/mol. The Hall–Kier alpha value is -0.610. The fourth-order valence-electron chi connectivity index (χ4n) is 1.26. The van der Waals surface area contributed by atoms with Gasteiger partial charge in [0.15, 0.2) is 5.78 Å². The van der Waals surface area contributed by atoms with Gasteiger partial charge in [0, 0.05) is 13.5 Å². The lowest BCUT2D eigenvalue weighted by Gasteiger charge is -2.04. The molecule has 0 aliphatic rings. The molecule has 0 saturated carbocycles. The van der Waals surface area contributed by atoms with Crippen LogP contribution in [-0.2, 0) is 20.7 Å². The molecule has 0 aliphatic carbocycles. The standard InChI is InChI=1S/C12H14Cl2O3/c1-16-4-5-17-8-10(15)6-9-2-3-11(13)12(14)7-9/h2-3,7H,4-6,8H2,1H3. The number of rotatable bonds is 7. The Balaban J connectivity index is 2.37. The molecule has 0 atom stereocenters. The van der Waals surface area contributed by atoms with Gasteiger partial charge in [-0.2, -0.15) is 0 Å². The van der Waals surface area contributed by atoms with Crippen LogP contribution in [-0.4, -0.2) is 32.7 Å². The summed E-state index contributed by atoms with van der Waals surface area (Å²) in [7, 11) is 1.58. The smallest absolute Gasteiger partial charge is 0.162 e. The first-order chi connectivity index (χ1) is 8.13. The highest BCUT2D eigenvalue weighted by Gasteiger charge is 2.06. The minimum absolute atomic E-state index is 0.000470. The number of ether oxygens (including phenoxy) is 2. The predicted molar refractivity (Wildman–Crippen MR) is 67.9 cm³/mol. The third kappa shape index (κ3) is 5.50. The second-order valence-corrected chi connectivity index (χ2v) is 4.32. The number of Topliss-reactive ketones (excluding diaryl/α,β-unsaturated/α-hetero) is 1. The van der Waals surface area contributed by atoms with Crippen LogP contribution in [0.15, 0.2) is 18.2 Å². The number of carbonyl (C=O) groups excluding carboxylic acids is 1. The molecule has 0 amide bonds. The zero-order valence-electron chi connectivity index (χ0n) is 9.54. The van der Waals surface area contributed by atoms with Crippen LogP contribution in [0.1, 0.15) is 5.56 Å². The van der Waals surface area contributed by atoms with Crippen molar-refractivity contribution >= 4 is 29.0 Å². The topological polar surface area (TPSA) is 35.5 Å². The third-order valence-corrected chi connectivity index (χ3v) is 2.82. The maximum atomic E-state index is 11.5. The van der Waals surface area contributed by atoms with Crippen LogP contribution in [0.25, 0.3) is 0 Å². The van der Waals surface area contributed by atoms with Gasteiger partial charge in [0.1, 0.15) is 6.61 Å². The lowest BCUT2D eigenvalue weighted by molar-refractivity contribution is -0.123. The van der Waals surface area contributed by atoms with Gasteiger partial charge >= 0.3 is 0 Å². The van der Waals surface area contributed by atoms with Crippen molar-refractivity contribution < 1.29 is 14.3 Å². The summed E-state index contributed by atoms with van der Waals surface area (Å²) >= 11 is 11.6. The van der Waals surface area contributed by atoms with E-state index in [1.807, 2.05) is 0 Å². The lowest BCUT2D eigenvalue weighted by atomic mass is 10.1. The minimum Gasteiger partial charge on any atom is -0.382 e. The van der Waals surface area contributed by atoms with Crippen LogP contribution < -0.4 is 0 Å². The molecular formula is C12H14Cl2O3. The number of methoxy groups -OCH3 is 1. The predicted octanol–water partition coefficient (Wildman–Crippen LogP) is 2.77. The Morgan fingerprint density at radius 2 is 2.00 bits per heavy atom. The summed E-state index contributed by atoms with van der Waals surface area (Å²) in [6.45, 7) is 0.993. The molecule has 0 fully saturated rings. The molecule has 1 aromatic carbocycles. The van der Waals surface area contributed by atoms with Gasteiger partial charge in [-0.25, -0.2) is 0 Å². The Morgan fingerprint density at radius 1 is 1.24 bits per heavy atom. The third-order valence-electron chi connectivity index (χ3n) is 2.08. The van der Waals surface area contributed by atoms with Crippen molar-refractivity contribution in [3.63, 3.8) is 0 Å². The van der Waals surface area contributed by atoms with E-state index in [2.05, 4.69) is 0 Å². The number of hydrogen-bond acceptors (Lipinski definition) is 3. The quantitative estimate of drug-likeness (QED) is 0.719. The van der Waals surface area contributed by atoms with Crippen molar-refractivity contribution in [2.75, 3.05) is 26.9 Å². The largest absolute Gasteiger partial charge is 0.382 e. The number of halogens is 2. The van der Waals surface area contributed by atoms with E-state index < -0.39 is 0 Å². The average molecular weight is 277 g/mol. The van der Waals surface area contributed by atoms with E-state index in [9.17, 15) is 4.79 Å². The normalized spacial score (nSPS) is 10.5. The van der Waals surface area contributed by atoms with Crippen LogP contribution in [0.3, 0.4) is 0 Å². The Labute approximate surface area is 111 Å². The maximum Gasteiger partial charge on any atom is 0.162 e. The molecule has 0 aliphatic heterocycles. The van der Waals surface area contributed by atoms with Crippen LogP contribution in [0, 0.1) is 0 Å². The van der Waals surface area contributed by atoms with E-state index in [0.29, 0.717) is 29.7 Å². The average Bonchev–Trinajstić information content (AvgIpc) is 2.30.